The standard InChI is InChI=1S/C24H28N2O7/c1-13(27)20(23(29)30)25-22(28)21(14(2)32-3)26-24(31)33-12-19-17-10-6-4-8-15(17)16-9-5-7-11-18(16)19/h4-11,13-14,19-21,27H,12H2,1-3H3,(H,25,28)(H,26,31)(H,29,30)/t13?,14-,20?,21+/m1/s1. The lowest BCUT2D eigenvalue weighted by molar-refractivity contribution is -0.145. The fourth-order valence-electron chi connectivity index (χ4n) is 3.93. The zero-order valence-electron chi connectivity index (χ0n) is 18.6. The summed E-state index contributed by atoms with van der Waals surface area (Å²) < 4.78 is 10.6. The molecule has 4 N–H and O–H groups in total. The lowest BCUT2D eigenvalue weighted by Crippen LogP contribution is -2.58. The number of carboxylic acids is 1. The molecular weight excluding hydrogens is 428 g/mol. The van der Waals surface area contributed by atoms with E-state index in [4.69, 9.17) is 9.47 Å². The van der Waals surface area contributed by atoms with Crippen LogP contribution in [0.15, 0.2) is 48.5 Å². The second-order valence-electron chi connectivity index (χ2n) is 7.95. The van der Waals surface area contributed by atoms with Gasteiger partial charge >= 0.3 is 12.1 Å². The van der Waals surface area contributed by atoms with E-state index in [1.54, 1.807) is 6.92 Å². The van der Waals surface area contributed by atoms with Gasteiger partial charge in [0.15, 0.2) is 6.04 Å². The Kier molecular flexibility index (Phi) is 7.67. The minimum Gasteiger partial charge on any atom is -0.480 e. The Morgan fingerprint density at radius 1 is 0.939 bits per heavy atom. The second kappa shape index (κ2) is 10.5. The molecule has 0 heterocycles. The molecular formula is C24H28N2O7. The Balaban J connectivity index is 1.69. The summed E-state index contributed by atoms with van der Waals surface area (Å²) in [5, 5.41) is 23.5. The van der Waals surface area contributed by atoms with Gasteiger partial charge in [0.25, 0.3) is 0 Å². The van der Waals surface area contributed by atoms with Crippen molar-refractivity contribution in [2.45, 2.75) is 44.1 Å². The monoisotopic (exact) mass is 456 g/mol. The number of hydrogen-bond donors (Lipinski definition) is 4. The summed E-state index contributed by atoms with van der Waals surface area (Å²) in [6, 6.07) is 13.0. The van der Waals surface area contributed by atoms with Crippen LogP contribution in [0.4, 0.5) is 4.79 Å². The first-order valence-electron chi connectivity index (χ1n) is 10.6. The van der Waals surface area contributed by atoms with Gasteiger partial charge < -0.3 is 30.3 Å². The molecule has 0 saturated heterocycles. The summed E-state index contributed by atoms with van der Waals surface area (Å²) in [6.07, 6.45) is -2.96. The topological polar surface area (TPSA) is 134 Å². The average Bonchev–Trinajstić information content (AvgIpc) is 3.12. The molecule has 2 unspecified atom stereocenters. The van der Waals surface area contributed by atoms with Crippen LogP contribution in [-0.2, 0) is 19.1 Å². The van der Waals surface area contributed by atoms with Gasteiger partial charge in [-0.1, -0.05) is 48.5 Å². The Labute approximate surface area is 191 Å². The number of alkyl carbamates (subject to hydrolysis) is 1. The first-order valence-corrected chi connectivity index (χ1v) is 10.6. The lowest BCUT2D eigenvalue weighted by Gasteiger charge is -2.26. The van der Waals surface area contributed by atoms with Crippen LogP contribution in [0.5, 0.6) is 0 Å². The molecule has 1 aliphatic carbocycles. The van der Waals surface area contributed by atoms with Crippen molar-refractivity contribution in [1.29, 1.82) is 0 Å². The number of ether oxygens (including phenoxy) is 2. The van der Waals surface area contributed by atoms with Crippen LogP contribution in [0, 0.1) is 0 Å². The summed E-state index contributed by atoms with van der Waals surface area (Å²) in [5.41, 5.74) is 4.27. The van der Waals surface area contributed by atoms with Gasteiger partial charge in [0.05, 0.1) is 12.2 Å². The molecule has 3 rings (SSSR count). The van der Waals surface area contributed by atoms with Crippen molar-refractivity contribution < 1.29 is 34.1 Å². The van der Waals surface area contributed by atoms with Crippen molar-refractivity contribution in [2.75, 3.05) is 13.7 Å². The molecule has 0 fully saturated rings. The Bertz CT molecular complexity index is 978. The fourth-order valence-corrected chi connectivity index (χ4v) is 3.93. The summed E-state index contributed by atoms with van der Waals surface area (Å²) in [5.74, 6) is -2.36. The van der Waals surface area contributed by atoms with E-state index in [0.717, 1.165) is 22.3 Å². The molecule has 0 radical (unpaired) electrons. The van der Waals surface area contributed by atoms with E-state index in [1.807, 2.05) is 48.5 Å². The van der Waals surface area contributed by atoms with Crippen molar-refractivity contribution in [3.8, 4) is 11.1 Å². The zero-order valence-corrected chi connectivity index (χ0v) is 18.6. The SMILES string of the molecule is CO[C@H](C)[C@H](NC(=O)OCC1c2ccccc2-c2ccccc21)C(=O)NC(C(=O)O)C(C)O. The van der Waals surface area contributed by atoms with Crippen molar-refractivity contribution in [3.63, 3.8) is 0 Å². The number of aliphatic hydroxyl groups excluding tert-OH is 1. The van der Waals surface area contributed by atoms with Crippen LogP contribution < -0.4 is 10.6 Å². The molecule has 0 aliphatic heterocycles. The normalized spacial score (nSPS) is 16.0. The molecule has 2 amide bonds. The Morgan fingerprint density at radius 3 is 1.97 bits per heavy atom. The van der Waals surface area contributed by atoms with Gasteiger partial charge in [-0.05, 0) is 36.1 Å². The van der Waals surface area contributed by atoms with Crippen LogP contribution in [0.2, 0.25) is 0 Å². The van der Waals surface area contributed by atoms with Crippen LogP contribution in [0.3, 0.4) is 0 Å². The summed E-state index contributed by atoms with van der Waals surface area (Å²) in [7, 11) is 1.35. The highest BCUT2D eigenvalue weighted by molar-refractivity contribution is 5.90. The molecule has 0 spiro atoms. The van der Waals surface area contributed by atoms with Gasteiger partial charge in [0.1, 0.15) is 12.6 Å². The largest absolute Gasteiger partial charge is 0.480 e. The zero-order chi connectivity index (χ0) is 24.1. The molecule has 0 bridgehead atoms. The van der Waals surface area contributed by atoms with Crippen LogP contribution in [0.25, 0.3) is 11.1 Å². The summed E-state index contributed by atoms with van der Waals surface area (Å²) in [6.45, 7) is 2.85. The Morgan fingerprint density at radius 2 is 1.48 bits per heavy atom. The fraction of sp³-hybridized carbons (Fsp3) is 0.375. The van der Waals surface area contributed by atoms with Gasteiger partial charge in [0.2, 0.25) is 5.91 Å². The first kappa shape index (κ1) is 24.2. The maximum absolute atomic E-state index is 12.7. The molecule has 4 atom stereocenters. The lowest BCUT2D eigenvalue weighted by atomic mass is 9.98. The van der Waals surface area contributed by atoms with E-state index in [1.165, 1.54) is 14.0 Å². The van der Waals surface area contributed by atoms with E-state index in [9.17, 15) is 24.6 Å². The molecule has 33 heavy (non-hydrogen) atoms. The van der Waals surface area contributed by atoms with E-state index in [2.05, 4.69) is 10.6 Å². The number of rotatable bonds is 9. The van der Waals surface area contributed by atoms with Crippen LogP contribution in [0.1, 0.15) is 30.9 Å². The number of amides is 2. The van der Waals surface area contributed by atoms with Crippen LogP contribution >= 0.6 is 0 Å². The van der Waals surface area contributed by atoms with Crippen molar-refractivity contribution in [2.24, 2.45) is 0 Å². The molecule has 0 saturated carbocycles. The van der Waals surface area contributed by atoms with Gasteiger partial charge in [-0.15, -0.1) is 0 Å². The molecule has 176 valence electrons. The van der Waals surface area contributed by atoms with Crippen molar-refractivity contribution in [1.82, 2.24) is 10.6 Å². The maximum atomic E-state index is 12.7. The van der Waals surface area contributed by atoms with Gasteiger partial charge in [-0.3, -0.25) is 4.79 Å². The molecule has 2 aromatic carbocycles. The number of benzene rings is 2. The Hall–Kier alpha value is -3.43. The predicted molar refractivity (Wildman–Crippen MR) is 120 cm³/mol. The predicted octanol–water partition coefficient (Wildman–Crippen LogP) is 1.88. The number of fused-ring (bicyclic) bond motifs is 3. The van der Waals surface area contributed by atoms with Crippen molar-refractivity contribution >= 4 is 18.0 Å². The van der Waals surface area contributed by atoms with Gasteiger partial charge in [0, 0.05) is 13.0 Å². The average molecular weight is 456 g/mol. The van der Waals surface area contributed by atoms with Gasteiger partial charge in [-0.25, -0.2) is 9.59 Å². The number of aliphatic carboxylic acids is 1. The highest BCUT2D eigenvalue weighted by atomic mass is 16.5. The maximum Gasteiger partial charge on any atom is 0.407 e. The number of carbonyl (C=O) groups is 3. The van der Waals surface area contributed by atoms with E-state index in [-0.39, 0.29) is 12.5 Å². The third kappa shape index (κ3) is 5.32. The third-order valence-corrected chi connectivity index (χ3v) is 5.79. The highest BCUT2D eigenvalue weighted by Crippen LogP contribution is 2.44. The molecule has 1 aliphatic rings. The van der Waals surface area contributed by atoms with Crippen molar-refractivity contribution in [3.05, 3.63) is 59.7 Å². The summed E-state index contributed by atoms with van der Waals surface area (Å²) in [4.78, 5) is 36.5. The number of nitrogens with one attached hydrogen (secondary N) is 2. The van der Waals surface area contributed by atoms with E-state index < -0.39 is 42.3 Å². The first-order chi connectivity index (χ1) is 15.7. The number of carbonyl (C=O) groups excluding carboxylic acids is 2. The molecule has 2 aromatic rings. The number of carboxylic acid groups (broad SMARTS) is 1. The number of aliphatic hydroxyl groups is 1. The third-order valence-electron chi connectivity index (χ3n) is 5.79. The molecule has 0 aromatic heterocycles. The van der Waals surface area contributed by atoms with Crippen LogP contribution in [-0.4, -0.2) is 66.2 Å². The molecule has 9 heteroatoms. The van der Waals surface area contributed by atoms with E-state index >= 15 is 0 Å². The summed E-state index contributed by atoms with van der Waals surface area (Å²) >= 11 is 0. The van der Waals surface area contributed by atoms with E-state index in [0.29, 0.717) is 0 Å². The second-order valence-corrected chi connectivity index (χ2v) is 7.95. The quantitative estimate of drug-likeness (QED) is 0.453. The molecule has 9 nitrogen and oxygen atoms in total. The number of methoxy groups -OCH3 is 1. The van der Waals surface area contributed by atoms with Gasteiger partial charge in [-0.2, -0.15) is 0 Å². The minimum absolute atomic E-state index is 0.0565. The minimum atomic E-state index is -1.53. The number of hydrogen-bond acceptors (Lipinski definition) is 6. The highest BCUT2D eigenvalue weighted by Gasteiger charge is 2.34. The smallest absolute Gasteiger partial charge is 0.407 e.